The molecule has 16 heavy (non-hydrogen) atoms. The van der Waals surface area contributed by atoms with Gasteiger partial charge in [-0.3, -0.25) is 0 Å². The molecule has 1 rings (SSSR count). The van der Waals surface area contributed by atoms with Gasteiger partial charge in [-0.25, -0.2) is 0 Å². The predicted molar refractivity (Wildman–Crippen MR) is 64.6 cm³/mol. The van der Waals surface area contributed by atoms with Crippen LogP contribution in [-0.2, 0) is 4.74 Å². The lowest BCUT2D eigenvalue weighted by atomic mass is 10.3. The van der Waals surface area contributed by atoms with E-state index in [4.69, 9.17) is 25.8 Å². The van der Waals surface area contributed by atoms with Gasteiger partial charge in [-0.05, 0) is 31.2 Å². The summed E-state index contributed by atoms with van der Waals surface area (Å²) in [4.78, 5) is 0. The van der Waals surface area contributed by atoms with Gasteiger partial charge in [0.25, 0.3) is 0 Å². The zero-order valence-electron chi connectivity index (χ0n) is 9.45. The minimum Gasteiger partial charge on any atom is -0.494 e. The Balaban J connectivity index is 2.21. The van der Waals surface area contributed by atoms with Crippen molar-refractivity contribution in [3.63, 3.8) is 0 Å². The van der Waals surface area contributed by atoms with Gasteiger partial charge in [-0.1, -0.05) is 0 Å². The molecule has 0 aliphatic carbocycles. The summed E-state index contributed by atoms with van der Waals surface area (Å²) >= 11 is 5.46. The van der Waals surface area contributed by atoms with E-state index in [0.717, 1.165) is 11.5 Å². The fourth-order valence-corrected chi connectivity index (χ4v) is 1.28. The van der Waals surface area contributed by atoms with Crippen LogP contribution in [0.4, 0.5) is 0 Å². The molecule has 0 bridgehead atoms. The van der Waals surface area contributed by atoms with Crippen molar-refractivity contribution in [1.29, 1.82) is 0 Å². The molecule has 0 radical (unpaired) electrons. The Labute approximate surface area is 101 Å². The molecule has 0 N–H and O–H groups in total. The number of hydrogen-bond donors (Lipinski definition) is 0. The van der Waals surface area contributed by atoms with Crippen LogP contribution in [0.1, 0.15) is 6.92 Å². The van der Waals surface area contributed by atoms with Gasteiger partial charge in [0.05, 0.1) is 19.8 Å². The Morgan fingerprint density at radius 2 is 1.56 bits per heavy atom. The Bertz CT molecular complexity index is 274. The summed E-state index contributed by atoms with van der Waals surface area (Å²) in [6, 6.07) is 7.54. The van der Waals surface area contributed by atoms with Crippen molar-refractivity contribution in [3.8, 4) is 11.5 Å². The van der Waals surface area contributed by atoms with E-state index in [9.17, 15) is 0 Å². The highest BCUT2D eigenvalue weighted by Gasteiger charge is 1.95. The molecule has 3 nitrogen and oxygen atoms in total. The van der Waals surface area contributed by atoms with Crippen LogP contribution in [0.3, 0.4) is 0 Å². The molecule has 0 atom stereocenters. The van der Waals surface area contributed by atoms with Crippen molar-refractivity contribution in [2.45, 2.75) is 6.92 Å². The van der Waals surface area contributed by atoms with Crippen molar-refractivity contribution in [1.82, 2.24) is 0 Å². The largest absolute Gasteiger partial charge is 0.494 e. The Morgan fingerprint density at radius 1 is 0.938 bits per heavy atom. The first-order chi connectivity index (χ1) is 7.86. The molecule has 0 saturated heterocycles. The number of alkyl halides is 1. The smallest absolute Gasteiger partial charge is 0.119 e. The van der Waals surface area contributed by atoms with Gasteiger partial charge in [0.1, 0.15) is 18.1 Å². The van der Waals surface area contributed by atoms with Crippen molar-refractivity contribution in [2.75, 3.05) is 32.3 Å². The van der Waals surface area contributed by atoms with Crippen LogP contribution in [0.15, 0.2) is 24.3 Å². The highest BCUT2D eigenvalue weighted by molar-refractivity contribution is 6.17. The maximum absolute atomic E-state index is 5.46. The summed E-state index contributed by atoms with van der Waals surface area (Å²) in [5.74, 6) is 2.19. The fourth-order valence-electron chi connectivity index (χ4n) is 1.17. The van der Waals surface area contributed by atoms with E-state index < -0.39 is 0 Å². The Hall–Kier alpha value is -0.930. The van der Waals surface area contributed by atoms with Crippen LogP contribution < -0.4 is 9.47 Å². The summed E-state index contributed by atoms with van der Waals surface area (Å²) < 4.78 is 16.0. The maximum atomic E-state index is 5.46. The molecule has 0 saturated carbocycles. The van der Waals surface area contributed by atoms with Crippen LogP contribution in [0.2, 0.25) is 0 Å². The highest BCUT2D eigenvalue weighted by Crippen LogP contribution is 2.17. The van der Waals surface area contributed by atoms with E-state index in [-0.39, 0.29) is 0 Å². The standard InChI is InChI=1S/C12H17ClO3/c1-2-15-11-3-5-12(6-4-11)16-10-9-14-8-7-13/h3-6H,2,7-10H2,1H3. The lowest BCUT2D eigenvalue weighted by Crippen LogP contribution is -2.07. The lowest BCUT2D eigenvalue weighted by Gasteiger charge is -2.07. The van der Waals surface area contributed by atoms with E-state index in [0.29, 0.717) is 32.3 Å². The third kappa shape index (κ3) is 5.24. The number of rotatable bonds is 8. The fraction of sp³-hybridized carbons (Fsp3) is 0.500. The molecule has 0 aliphatic rings. The average molecular weight is 245 g/mol. The second kappa shape index (κ2) is 8.25. The summed E-state index contributed by atoms with van der Waals surface area (Å²) in [6.07, 6.45) is 0. The first-order valence-corrected chi connectivity index (χ1v) is 5.89. The molecule has 4 heteroatoms. The molecule has 1 aromatic carbocycles. The number of ether oxygens (including phenoxy) is 3. The molecule has 90 valence electrons. The van der Waals surface area contributed by atoms with Crippen LogP contribution in [0, 0.1) is 0 Å². The minimum atomic E-state index is 0.517. The lowest BCUT2D eigenvalue weighted by molar-refractivity contribution is 0.111. The van der Waals surface area contributed by atoms with Gasteiger partial charge >= 0.3 is 0 Å². The average Bonchev–Trinajstić information content (AvgIpc) is 2.31. The van der Waals surface area contributed by atoms with E-state index in [2.05, 4.69) is 0 Å². The van der Waals surface area contributed by atoms with Gasteiger partial charge < -0.3 is 14.2 Å². The van der Waals surface area contributed by atoms with Gasteiger partial charge in [-0.2, -0.15) is 0 Å². The minimum absolute atomic E-state index is 0.517. The Kier molecular flexibility index (Phi) is 6.77. The highest BCUT2D eigenvalue weighted by atomic mass is 35.5. The third-order valence-electron chi connectivity index (χ3n) is 1.85. The quantitative estimate of drug-likeness (QED) is 0.520. The van der Waals surface area contributed by atoms with Crippen LogP contribution in [0.5, 0.6) is 11.5 Å². The van der Waals surface area contributed by atoms with E-state index in [1.54, 1.807) is 0 Å². The SMILES string of the molecule is CCOc1ccc(OCCOCCCl)cc1. The molecular formula is C12H17ClO3. The number of halogens is 1. The number of hydrogen-bond acceptors (Lipinski definition) is 3. The molecule has 0 fully saturated rings. The zero-order chi connectivity index (χ0) is 11.6. The van der Waals surface area contributed by atoms with Gasteiger partial charge in [0.15, 0.2) is 0 Å². The van der Waals surface area contributed by atoms with Crippen molar-refractivity contribution in [3.05, 3.63) is 24.3 Å². The Morgan fingerprint density at radius 3 is 2.12 bits per heavy atom. The second-order valence-electron chi connectivity index (χ2n) is 3.05. The van der Waals surface area contributed by atoms with Crippen LogP contribution >= 0.6 is 11.6 Å². The van der Waals surface area contributed by atoms with Crippen molar-refractivity contribution in [2.24, 2.45) is 0 Å². The van der Waals surface area contributed by atoms with Crippen LogP contribution in [-0.4, -0.2) is 32.3 Å². The summed E-state index contributed by atoms with van der Waals surface area (Å²) in [7, 11) is 0. The third-order valence-corrected chi connectivity index (χ3v) is 2.01. The summed E-state index contributed by atoms with van der Waals surface area (Å²) in [5, 5.41) is 0. The second-order valence-corrected chi connectivity index (χ2v) is 3.43. The zero-order valence-corrected chi connectivity index (χ0v) is 10.2. The monoisotopic (exact) mass is 244 g/mol. The normalized spacial score (nSPS) is 10.1. The van der Waals surface area contributed by atoms with Crippen LogP contribution in [0.25, 0.3) is 0 Å². The molecular weight excluding hydrogens is 228 g/mol. The molecule has 0 heterocycles. The number of benzene rings is 1. The van der Waals surface area contributed by atoms with E-state index in [1.165, 1.54) is 0 Å². The van der Waals surface area contributed by atoms with Crippen molar-refractivity contribution >= 4 is 11.6 Å². The predicted octanol–water partition coefficient (Wildman–Crippen LogP) is 2.72. The van der Waals surface area contributed by atoms with Crippen molar-refractivity contribution < 1.29 is 14.2 Å². The van der Waals surface area contributed by atoms with Gasteiger partial charge in [0.2, 0.25) is 0 Å². The molecule has 0 aliphatic heterocycles. The first-order valence-electron chi connectivity index (χ1n) is 5.36. The van der Waals surface area contributed by atoms with Gasteiger partial charge in [0, 0.05) is 5.88 Å². The summed E-state index contributed by atoms with van der Waals surface area (Å²) in [5.41, 5.74) is 0. The molecule has 1 aromatic rings. The topological polar surface area (TPSA) is 27.7 Å². The first kappa shape index (κ1) is 13.1. The van der Waals surface area contributed by atoms with E-state index in [1.807, 2.05) is 31.2 Å². The van der Waals surface area contributed by atoms with Gasteiger partial charge in [-0.15, -0.1) is 11.6 Å². The molecule has 0 unspecified atom stereocenters. The van der Waals surface area contributed by atoms with E-state index >= 15 is 0 Å². The molecule has 0 aromatic heterocycles. The maximum Gasteiger partial charge on any atom is 0.119 e. The molecule has 0 spiro atoms. The summed E-state index contributed by atoms with van der Waals surface area (Å²) in [6.45, 7) is 4.28. The molecule has 0 amide bonds.